The van der Waals surface area contributed by atoms with Gasteiger partial charge < -0.3 is 9.84 Å². The predicted octanol–water partition coefficient (Wildman–Crippen LogP) is 3.82. The number of aromatic hydroxyl groups is 1. The quantitative estimate of drug-likeness (QED) is 0.634. The lowest BCUT2D eigenvalue weighted by atomic mass is 10.1. The highest BCUT2D eigenvalue weighted by Crippen LogP contribution is 2.36. The van der Waals surface area contributed by atoms with E-state index in [0.29, 0.717) is 11.5 Å². The van der Waals surface area contributed by atoms with Gasteiger partial charge in [0.25, 0.3) is 0 Å². The van der Waals surface area contributed by atoms with Gasteiger partial charge in [0.1, 0.15) is 17.1 Å². The summed E-state index contributed by atoms with van der Waals surface area (Å²) in [6.07, 6.45) is 7.33. The number of unbranched alkanes of at least 4 members (excludes halogenated alkanes) is 4. The lowest BCUT2D eigenvalue weighted by Crippen LogP contribution is -1.98. The van der Waals surface area contributed by atoms with Crippen LogP contribution in [0, 0.1) is 0 Å². The maximum Gasteiger partial charge on any atom is 0.235 e. The number of phenols is 1. The Morgan fingerprint density at radius 3 is 2.83 bits per heavy atom. The van der Waals surface area contributed by atoms with Gasteiger partial charge in [0.15, 0.2) is 5.76 Å². The second kappa shape index (κ2) is 5.71. The number of rotatable bonds is 5. The number of carbonyl (C=O) groups is 1. The van der Waals surface area contributed by atoms with Crippen molar-refractivity contribution in [3.05, 3.63) is 35.6 Å². The highest BCUT2D eigenvalue weighted by molar-refractivity contribution is 6.13. The zero-order chi connectivity index (χ0) is 13.0. The van der Waals surface area contributed by atoms with E-state index >= 15 is 0 Å². The Balaban J connectivity index is 2.01. The molecule has 0 saturated carbocycles. The zero-order valence-corrected chi connectivity index (χ0v) is 10.6. The van der Waals surface area contributed by atoms with Crippen molar-refractivity contribution < 1.29 is 14.6 Å². The van der Waals surface area contributed by atoms with Crippen molar-refractivity contribution in [1.82, 2.24) is 0 Å². The molecule has 3 heteroatoms. The van der Waals surface area contributed by atoms with Crippen LogP contribution >= 0.6 is 0 Å². The van der Waals surface area contributed by atoms with Crippen LogP contribution in [0.3, 0.4) is 0 Å². The largest absolute Gasteiger partial charge is 0.507 e. The molecule has 1 N–H and O–H groups in total. The minimum atomic E-state index is -0.210. The molecule has 2 rings (SSSR count). The van der Waals surface area contributed by atoms with Crippen LogP contribution in [0.5, 0.6) is 11.5 Å². The molecule has 1 aliphatic rings. The number of benzene rings is 1. The minimum absolute atomic E-state index is 0.00752. The zero-order valence-electron chi connectivity index (χ0n) is 10.6. The number of ketones is 1. The molecule has 1 heterocycles. The summed E-state index contributed by atoms with van der Waals surface area (Å²) < 4.78 is 5.46. The number of Topliss-reactive ketones (excluding diaryl/α,β-unsaturated/α-hetero) is 1. The van der Waals surface area contributed by atoms with Crippen LogP contribution < -0.4 is 4.74 Å². The van der Waals surface area contributed by atoms with Crippen LogP contribution in [0.2, 0.25) is 0 Å². The number of allylic oxidation sites excluding steroid dienone is 2. The first-order chi connectivity index (χ1) is 8.74. The van der Waals surface area contributed by atoms with Gasteiger partial charge >= 0.3 is 0 Å². The molecule has 96 valence electrons. The maximum absolute atomic E-state index is 12.0. The summed E-state index contributed by atoms with van der Waals surface area (Å²) in [6, 6.07) is 4.88. The molecular weight excluding hydrogens is 228 g/mol. The summed E-state index contributed by atoms with van der Waals surface area (Å²) in [7, 11) is 0. The van der Waals surface area contributed by atoms with E-state index in [0.717, 1.165) is 12.8 Å². The lowest BCUT2D eigenvalue weighted by molar-refractivity contribution is 0.101. The van der Waals surface area contributed by atoms with Crippen LogP contribution in [0.4, 0.5) is 0 Å². The second-order valence-electron chi connectivity index (χ2n) is 4.50. The Labute approximate surface area is 107 Å². The number of ether oxygens (including phenoxy) is 1. The van der Waals surface area contributed by atoms with Crippen molar-refractivity contribution in [3.63, 3.8) is 0 Å². The van der Waals surface area contributed by atoms with Gasteiger partial charge in [0.05, 0.1) is 0 Å². The molecule has 18 heavy (non-hydrogen) atoms. The SMILES string of the molecule is CCCCCC/C=C1\Oc2cccc(O)c2C1=O. The van der Waals surface area contributed by atoms with Gasteiger partial charge in [-0.1, -0.05) is 32.3 Å². The third-order valence-electron chi connectivity index (χ3n) is 3.06. The molecule has 0 bridgehead atoms. The van der Waals surface area contributed by atoms with Gasteiger partial charge in [0.2, 0.25) is 5.78 Å². The van der Waals surface area contributed by atoms with Crippen molar-refractivity contribution >= 4 is 5.78 Å². The Morgan fingerprint density at radius 2 is 2.11 bits per heavy atom. The van der Waals surface area contributed by atoms with Crippen molar-refractivity contribution in [1.29, 1.82) is 0 Å². The average molecular weight is 246 g/mol. The van der Waals surface area contributed by atoms with Crippen LogP contribution in [-0.2, 0) is 0 Å². The predicted molar refractivity (Wildman–Crippen MR) is 69.9 cm³/mol. The van der Waals surface area contributed by atoms with E-state index in [2.05, 4.69) is 6.92 Å². The van der Waals surface area contributed by atoms with E-state index in [1.54, 1.807) is 12.1 Å². The number of fused-ring (bicyclic) bond motifs is 1. The van der Waals surface area contributed by atoms with Gasteiger partial charge in [-0.15, -0.1) is 0 Å². The summed E-state index contributed by atoms with van der Waals surface area (Å²) in [4.78, 5) is 12.0. The molecule has 0 unspecified atom stereocenters. The summed E-state index contributed by atoms with van der Waals surface area (Å²) in [5.74, 6) is 0.591. The van der Waals surface area contributed by atoms with E-state index in [1.165, 1.54) is 25.3 Å². The van der Waals surface area contributed by atoms with Crippen LogP contribution in [0.15, 0.2) is 30.0 Å². The molecule has 0 spiro atoms. The summed E-state index contributed by atoms with van der Waals surface area (Å²) in [5.41, 5.74) is 0.289. The van der Waals surface area contributed by atoms with E-state index in [4.69, 9.17) is 4.74 Å². The highest BCUT2D eigenvalue weighted by Gasteiger charge is 2.29. The van der Waals surface area contributed by atoms with E-state index in [1.807, 2.05) is 6.08 Å². The summed E-state index contributed by atoms with van der Waals surface area (Å²) in [5, 5.41) is 9.63. The number of phenolic OH excluding ortho intramolecular Hbond substituents is 1. The molecule has 3 nitrogen and oxygen atoms in total. The van der Waals surface area contributed by atoms with Crippen molar-refractivity contribution in [2.24, 2.45) is 0 Å². The highest BCUT2D eigenvalue weighted by atomic mass is 16.5. The Morgan fingerprint density at radius 1 is 1.28 bits per heavy atom. The first-order valence-electron chi connectivity index (χ1n) is 6.48. The Bertz CT molecular complexity index is 475. The van der Waals surface area contributed by atoms with E-state index in [-0.39, 0.29) is 17.1 Å². The first-order valence-corrected chi connectivity index (χ1v) is 6.48. The smallest absolute Gasteiger partial charge is 0.235 e. The maximum atomic E-state index is 12.0. The number of carbonyl (C=O) groups excluding carboxylic acids is 1. The normalized spacial score (nSPS) is 15.8. The van der Waals surface area contributed by atoms with Gasteiger partial charge in [0, 0.05) is 0 Å². The third-order valence-corrected chi connectivity index (χ3v) is 3.06. The summed E-state index contributed by atoms with van der Waals surface area (Å²) >= 11 is 0. The molecule has 1 aromatic carbocycles. The van der Waals surface area contributed by atoms with Crippen LogP contribution in [0.1, 0.15) is 49.4 Å². The van der Waals surface area contributed by atoms with Crippen molar-refractivity contribution in [3.8, 4) is 11.5 Å². The molecule has 1 aromatic rings. The molecule has 0 atom stereocenters. The van der Waals surface area contributed by atoms with Gasteiger partial charge in [-0.25, -0.2) is 0 Å². The van der Waals surface area contributed by atoms with E-state index < -0.39 is 0 Å². The molecule has 0 fully saturated rings. The van der Waals surface area contributed by atoms with Gasteiger partial charge in [-0.3, -0.25) is 4.79 Å². The number of hydrogen-bond donors (Lipinski definition) is 1. The summed E-state index contributed by atoms with van der Waals surface area (Å²) in [6.45, 7) is 2.17. The fourth-order valence-corrected chi connectivity index (χ4v) is 2.06. The molecule has 0 aromatic heterocycles. The van der Waals surface area contributed by atoms with Crippen LogP contribution in [0.25, 0.3) is 0 Å². The fourth-order valence-electron chi connectivity index (χ4n) is 2.06. The molecule has 0 amide bonds. The molecule has 0 saturated heterocycles. The second-order valence-corrected chi connectivity index (χ2v) is 4.50. The third kappa shape index (κ3) is 2.55. The number of hydrogen-bond acceptors (Lipinski definition) is 3. The fraction of sp³-hybridized carbons (Fsp3) is 0.400. The molecular formula is C15H18O3. The first kappa shape index (κ1) is 12.7. The van der Waals surface area contributed by atoms with Gasteiger partial charge in [-0.05, 0) is 31.1 Å². The monoisotopic (exact) mass is 246 g/mol. The van der Waals surface area contributed by atoms with Crippen LogP contribution in [-0.4, -0.2) is 10.9 Å². The minimum Gasteiger partial charge on any atom is -0.507 e. The lowest BCUT2D eigenvalue weighted by Gasteiger charge is -1.98. The average Bonchev–Trinajstić information content (AvgIpc) is 2.68. The van der Waals surface area contributed by atoms with Gasteiger partial charge in [-0.2, -0.15) is 0 Å². The van der Waals surface area contributed by atoms with Crippen molar-refractivity contribution in [2.75, 3.05) is 0 Å². The van der Waals surface area contributed by atoms with E-state index in [9.17, 15) is 9.90 Å². The molecule has 0 radical (unpaired) electrons. The molecule has 0 aliphatic carbocycles. The standard InChI is InChI=1S/C15H18O3/c1-2-3-4-5-6-9-13-15(17)14-11(16)8-7-10-12(14)18-13/h7-10,16H,2-6H2,1H3/b13-9-. The topological polar surface area (TPSA) is 46.5 Å². The molecule has 1 aliphatic heterocycles. The van der Waals surface area contributed by atoms with Crippen molar-refractivity contribution in [2.45, 2.75) is 39.0 Å². The Kier molecular flexibility index (Phi) is 4.03. The Hall–Kier alpha value is -1.77.